The Kier molecular flexibility index (Phi) is 2.59. The lowest BCUT2D eigenvalue weighted by Crippen LogP contribution is -2.16. The largest absolute Gasteiger partial charge is 0.286 e. The summed E-state index contributed by atoms with van der Waals surface area (Å²) in [6.07, 6.45) is 3.94. The molecule has 0 aliphatic heterocycles. The molecule has 0 unspecified atom stereocenters. The Hall–Kier alpha value is -1.56. The van der Waals surface area contributed by atoms with Crippen LogP contribution in [0.3, 0.4) is 0 Å². The second-order valence-corrected chi connectivity index (χ2v) is 3.87. The molecule has 0 aliphatic carbocycles. The minimum Gasteiger partial charge on any atom is -0.286 e. The molecule has 2 heterocycles. The van der Waals surface area contributed by atoms with Crippen molar-refractivity contribution in [2.24, 2.45) is 0 Å². The summed E-state index contributed by atoms with van der Waals surface area (Å²) in [7, 11) is 1.59. The number of nitrogens with zero attached hydrogens (tertiary/aromatic N) is 4. The van der Waals surface area contributed by atoms with Gasteiger partial charge in [0.05, 0.1) is 0 Å². The molecule has 0 saturated heterocycles. The van der Waals surface area contributed by atoms with Gasteiger partial charge in [0.25, 0.3) is 0 Å². The fourth-order valence-electron chi connectivity index (χ4n) is 1.10. The van der Waals surface area contributed by atoms with Gasteiger partial charge in [-0.05, 0) is 22.0 Å². The van der Waals surface area contributed by atoms with Crippen molar-refractivity contribution in [3.63, 3.8) is 0 Å². The van der Waals surface area contributed by atoms with Crippen LogP contribution in [-0.2, 0) is 4.79 Å². The summed E-state index contributed by atoms with van der Waals surface area (Å²) in [5, 5.41) is 0.826. The summed E-state index contributed by atoms with van der Waals surface area (Å²) in [4.78, 5) is 24.1. The Morgan fingerprint density at radius 3 is 2.93 bits per heavy atom. The summed E-state index contributed by atoms with van der Waals surface area (Å²) in [6, 6.07) is 1.87. The monoisotopic (exact) mass is 266 g/mol. The maximum atomic E-state index is 10.5. The Balaban J connectivity index is 2.56. The fourth-order valence-corrected chi connectivity index (χ4v) is 1.45. The second kappa shape index (κ2) is 3.90. The van der Waals surface area contributed by atoms with E-state index in [4.69, 9.17) is 0 Å². The van der Waals surface area contributed by atoms with Gasteiger partial charge in [-0.2, -0.15) is 4.98 Å². The number of halogens is 1. The van der Waals surface area contributed by atoms with Crippen LogP contribution in [0.2, 0.25) is 0 Å². The van der Waals surface area contributed by atoms with Crippen molar-refractivity contribution < 1.29 is 4.79 Å². The highest BCUT2D eigenvalue weighted by Crippen LogP contribution is 2.16. The molecule has 0 atom stereocenters. The van der Waals surface area contributed by atoms with Crippen LogP contribution < -0.4 is 4.90 Å². The molecule has 0 aromatic carbocycles. The first-order chi connectivity index (χ1) is 7.20. The summed E-state index contributed by atoms with van der Waals surface area (Å²) < 4.78 is 0.870. The molecule has 5 nitrogen and oxygen atoms in total. The van der Waals surface area contributed by atoms with Gasteiger partial charge in [0.15, 0.2) is 5.65 Å². The summed E-state index contributed by atoms with van der Waals surface area (Å²) in [5.41, 5.74) is 0.567. The number of amides is 1. The van der Waals surface area contributed by atoms with Crippen molar-refractivity contribution in [2.75, 3.05) is 11.9 Å². The number of hydrogen-bond acceptors (Lipinski definition) is 4. The van der Waals surface area contributed by atoms with Crippen LogP contribution in [0, 0.1) is 0 Å². The van der Waals surface area contributed by atoms with Crippen LogP contribution >= 0.6 is 15.9 Å². The molecule has 0 aliphatic rings. The molecule has 15 heavy (non-hydrogen) atoms. The third kappa shape index (κ3) is 1.94. The number of aromatic nitrogens is 3. The minimum atomic E-state index is 0.340. The average molecular weight is 267 g/mol. The van der Waals surface area contributed by atoms with Crippen molar-refractivity contribution in [1.82, 2.24) is 15.0 Å². The zero-order chi connectivity index (χ0) is 10.8. The van der Waals surface area contributed by atoms with Crippen LogP contribution in [0.5, 0.6) is 0 Å². The van der Waals surface area contributed by atoms with E-state index in [9.17, 15) is 4.79 Å². The van der Waals surface area contributed by atoms with Gasteiger partial charge in [-0.1, -0.05) is 0 Å². The normalized spacial score (nSPS) is 10.3. The van der Waals surface area contributed by atoms with E-state index in [0.29, 0.717) is 18.0 Å². The molecule has 0 N–H and O–H groups in total. The van der Waals surface area contributed by atoms with Crippen LogP contribution in [0.4, 0.5) is 5.95 Å². The van der Waals surface area contributed by atoms with E-state index in [2.05, 4.69) is 30.9 Å². The summed E-state index contributed by atoms with van der Waals surface area (Å²) in [6.45, 7) is 0. The standard InChI is InChI=1S/C9H7BrN4O/c1-14(5-15)9-12-3-6-2-7(10)4-11-8(6)13-9/h2-5H,1H3. The van der Waals surface area contributed by atoms with E-state index in [1.165, 1.54) is 4.90 Å². The molecule has 0 fully saturated rings. The van der Waals surface area contributed by atoms with E-state index >= 15 is 0 Å². The first-order valence-corrected chi connectivity index (χ1v) is 4.96. The Labute approximate surface area is 94.3 Å². The number of pyridine rings is 1. The van der Waals surface area contributed by atoms with Crippen molar-refractivity contribution >= 4 is 39.3 Å². The Bertz CT molecular complexity index is 516. The number of rotatable bonds is 2. The molecule has 2 aromatic rings. The molecule has 0 saturated carbocycles. The van der Waals surface area contributed by atoms with Gasteiger partial charge >= 0.3 is 0 Å². The predicted octanol–water partition coefficient (Wildman–Crippen LogP) is 1.38. The lowest BCUT2D eigenvalue weighted by Gasteiger charge is -2.07. The quantitative estimate of drug-likeness (QED) is 0.771. The molecule has 2 rings (SSSR count). The lowest BCUT2D eigenvalue weighted by molar-refractivity contribution is -0.107. The van der Waals surface area contributed by atoms with Crippen LogP contribution in [0.25, 0.3) is 11.0 Å². The summed E-state index contributed by atoms with van der Waals surface area (Å²) in [5.74, 6) is 0.340. The first kappa shape index (κ1) is 9.97. The molecular weight excluding hydrogens is 260 g/mol. The molecule has 1 amide bonds. The lowest BCUT2D eigenvalue weighted by atomic mass is 10.3. The molecule has 76 valence electrons. The second-order valence-electron chi connectivity index (χ2n) is 2.95. The number of anilines is 1. The smallest absolute Gasteiger partial charge is 0.233 e. The molecule has 6 heteroatoms. The zero-order valence-corrected chi connectivity index (χ0v) is 9.47. The molecule has 0 spiro atoms. The van der Waals surface area contributed by atoms with Gasteiger partial charge in [0.1, 0.15) is 0 Å². The Morgan fingerprint density at radius 1 is 1.40 bits per heavy atom. The maximum Gasteiger partial charge on any atom is 0.233 e. The van der Waals surface area contributed by atoms with Gasteiger partial charge < -0.3 is 0 Å². The summed E-state index contributed by atoms with van der Waals surface area (Å²) >= 11 is 3.31. The van der Waals surface area contributed by atoms with Crippen molar-refractivity contribution in [3.05, 3.63) is 22.9 Å². The van der Waals surface area contributed by atoms with Crippen molar-refractivity contribution in [1.29, 1.82) is 0 Å². The van der Waals surface area contributed by atoms with Crippen LogP contribution in [0.1, 0.15) is 0 Å². The van der Waals surface area contributed by atoms with E-state index in [1.54, 1.807) is 19.4 Å². The van der Waals surface area contributed by atoms with Gasteiger partial charge in [-0.3, -0.25) is 9.69 Å². The fraction of sp³-hybridized carbons (Fsp3) is 0.111. The van der Waals surface area contributed by atoms with Crippen molar-refractivity contribution in [2.45, 2.75) is 0 Å². The van der Waals surface area contributed by atoms with Gasteiger partial charge in [0.2, 0.25) is 12.4 Å². The van der Waals surface area contributed by atoms with E-state index in [1.807, 2.05) is 6.07 Å². The van der Waals surface area contributed by atoms with E-state index in [-0.39, 0.29) is 0 Å². The third-order valence-corrected chi connectivity index (χ3v) is 2.29. The molecule has 2 aromatic heterocycles. The van der Waals surface area contributed by atoms with Gasteiger partial charge in [-0.25, -0.2) is 9.97 Å². The number of carbonyl (C=O) groups is 1. The SMILES string of the molecule is CN(C=O)c1ncc2cc(Br)cnc2n1. The highest BCUT2D eigenvalue weighted by molar-refractivity contribution is 9.10. The number of hydrogen-bond donors (Lipinski definition) is 0. The molecular formula is C9H7BrN4O. The molecule has 0 bridgehead atoms. The maximum absolute atomic E-state index is 10.5. The van der Waals surface area contributed by atoms with Crippen LogP contribution in [-0.4, -0.2) is 28.4 Å². The minimum absolute atomic E-state index is 0.340. The number of carbonyl (C=O) groups excluding carboxylic acids is 1. The highest BCUT2D eigenvalue weighted by atomic mass is 79.9. The van der Waals surface area contributed by atoms with Crippen LogP contribution in [0.15, 0.2) is 22.9 Å². The Morgan fingerprint density at radius 2 is 2.20 bits per heavy atom. The average Bonchev–Trinajstić information content (AvgIpc) is 2.27. The van der Waals surface area contributed by atoms with Crippen molar-refractivity contribution in [3.8, 4) is 0 Å². The highest BCUT2D eigenvalue weighted by Gasteiger charge is 2.04. The van der Waals surface area contributed by atoms with Gasteiger partial charge in [-0.15, -0.1) is 0 Å². The van der Waals surface area contributed by atoms with Gasteiger partial charge in [0, 0.05) is 29.3 Å². The predicted molar refractivity (Wildman–Crippen MR) is 59.5 cm³/mol. The van der Waals surface area contributed by atoms with E-state index < -0.39 is 0 Å². The number of fused-ring (bicyclic) bond motifs is 1. The molecule has 0 radical (unpaired) electrons. The third-order valence-electron chi connectivity index (χ3n) is 1.86. The zero-order valence-electron chi connectivity index (χ0n) is 7.88. The van der Waals surface area contributed by atoms with E-state index in [0.717, 1.165) is 9.86 Å². The first-order valence-electron chi connectivity index (χ1n) is 4.17. The topological polar surface area (TPSA) is 59.0 Å².